The zero-order chi connectivity index (χ0) is 16.5. The van der Waals surface area contributed by atoms with Crippen LogP contribution in [0, 0.1) is 5.41 Å². The fraction of sp³-hybridized carbons (Fsp3) is 0.632. The van der Waals surface area contributed by atoms with Gasteiger partial charge in [-0.25, -0.2) is 0 Å². The molecule has 1 aromatic carbocycles. The summed E-state index contributed by atoms with van der Waals surface area (Å²) in [7, 11) is 1.64. The molecule has 1 aromatic rings. The van der Waals surface area contributed by atoms with Crippen LogP contribution in [0.2, 0.25) is 0 Å². The van der Waals surface area contributed by atoms with Gasteiger partial charge in [0.1, 0.15) is 5.75 Å². The van der Waals surface area contributed by atoms with Crippen LogP contribution in [0.25, 0.3) is 0 Å². The highest BCUT2D eigenvalue weighted by Crippen LogP contribution is 2.57. The minimum Gasteiger partial charge on any atom is -0.497 e. The van der Waals surface area contributed by atoms with Crippen molar-refractivity contribution in [1.29, 1.82) is 0 Å². The predicted octanol–water partition coefficient (Wildman–Crippen LogP) is 2.78. The maximum absolute atomic E-state index is 12.5. The fourth-order valence-corrected chi connectivity index (χ4v) is 4.29. The molecule has 1 amide bonds. The van der Waals surface area contributed by atoms with Crippen molar-refractivity contribution in [3.8, 4) is 5.75 Å². The molecule has 1 unspecified atom stereocenters. The maximum atomic E-state index is 12.5. The van der Waals surface area contributed by atoms with E-state index in [-0.39, 0.29) is 11.3 Å². The standard InChI is InChI=1S/C19H27NO3/c1-3-19(22)8-7-18(19)9-11-20(12-10-18)17(21)14-15-5-4-6-16(13-15)23-2/h4-6,13,22H,3,7-12,14H2,1-2H3. The van der Waals surface area contributed by atoms with Gasteiger partial charge in [-0.2, -0.15) is 0 Å². The average molecular weight is 317 g/mol. The van der Waals surface area contributed by atoms with Crippen LogP contribution in [0.15, 0.2) is 24.3 Å². The quantitative estimate of drug-likeness (QED) is 0.929. The second-order valence-corrected chi connectivity index (χ2v) is 7.07. The number of hydrogen-bond donors (Lipinski definition) is 1. The Balaban J connectivity index is 1.58. The summed E-state index contributed by atoms with van der Waals surface area (Å²) in [5.74, 6) is 0.961. The van der Waals surface area contributed by atoms with E-state index in [0.717, 1.165) is 56.5 Å². The van der Waals surface area contributed by atoms with Gasteiger partial charge in [0.25, 0.3) is 0 Å². The number of hydrogen-bond acceptors (Lipinski definition) is 3. The summed E-state index contributed by atoms with van der Waals surface area (Å²) < 4.78 is 5.21. The molecule has 4 nitrogen and oxygen atoms in total. The van der Waals surface area contributed by atoms with Crippen LogP contribution in [0.3, 0.4) is 0 Å². The summed E-state index contributed by atoms with van der Waals surface area (Å²) in [6.07, 6.45) is 5.13. The molecule has 3 rings (SSSR count). The molecule has 1 spiro atoms. The van der Waals surface area contributed by atoms with E-state index in [2.05, 4.69) is 6.92 Å². The van der Waals surface area contributed by atoms with Gasteiger partial charge < -0.3 is 14.7 Å². The third kappa shape index (κ3) is 2.85. The Bertz CT molecular complexity index is 574. The molecule has 2 fully saturated rings. The zero-order valence-electron chi connectivity index (χ0n) is 14.2. The van der Waals surface area contributed by atoms with Gasteiger partial charge >= 0.3 is 0 Å². The highest BCUT2D eigenvalue weighted by Gasteiger charge is 2.57. The average Bonchev–Trinajstić information content (AvgIpc) is 2.60. The number of likely N-dealkylation sites (tertiary alicyclic amines) is 1. The number of nitrogens with zero attached hydrogens (tertiary/aromatic N) is 1. The van der Waals surface area contributed by atoms with Gasteiger partial charge in [-0.1, -0.05) is 19.1 Å². The zero-order valence-corrected chi connectivity index (χ0v) is 14.2. The van der Waals surface area contributed by atoms with E-state index in [0.29, 0.717) is 6.42 Å². The first-order chi connectivity index (χ1) is 11.0. The van der Waals surface area contributed by atoms with Gasteiger partial charge in [0, 0.05) is 18.5 Å². The Hall–Kier alpha value is -1.55. The molecule has 1 aliphatic carbocycles. The minimum atomic E-state index is -0.491. The molecule has 126 valence electrons. The summed E-state index contributed by atoms with van der Waals surface area (Å²) in [5, 5.41) is 10.7. The third-order valence-electron chi connectivity index (χ3n) is 6.15. The largest absolute Gasteiger partial charge is 0.497 e. The second-order valence-electron chi connectivity index (χ2n) is 7.07. The van der Waals surface area contributed by atoms with Crippen LogP contribution in [-0.2, 0) is 11.2 Å². The van der Waals surface area contributed by atoms with Crippen molar-refractivity contribution < 1.29 is 14.6 Å². The van der Waals surface area contributed by atoms with Gasteiger partial charge in [-0.05, 0) is 49.8 Å². The Morgan fingerprint density at radius 3 is 2.57 bits per heavy atom. The number of methoxy groups -OCH3 is 1. The SMILES string of the molecule is CCC1(O)CCC12CCN(C(=O)Cc1cccc(OC)c1)CC2. The third-order valence-corrected chi connectivity index (χ3v) is 6.15. The molecule has 1 aliphatic heterocycles. The highest BCUT2D eigenvalue weighted by molar-refractivity contribution is 5.79. The number of benzene rings is 1. The number of carbonyl (C=O) groups is 1. The molecular weight excluding hydrogens is 290 g/mol. The lowest BCUT2D eigenvalue weighted by atomic mass is 9.51. The van der Waals surface area contributed by atoms with Crippen molar-refractivity contribution in [2.45, 2.75) is 51.0 Å². The number of rotatable bonds is 4. The van der Waals surface area contributed by atoms with E-state index in [1.54, 1.807) is 7.11 Å². The Morgan fingerprint density at radius 2 is 2.00 bits per heavy atom. The molecule has 23 heavy (non-hydrogen) atoms. The van der Waals surface area contributed by atoms with E-state index >= 15 is 0 Å². The van der Waals surface area contributed by atoms with E-state index in [9.17, 15) is 9.90 Å². The molecule has 4 heteroatoms. The number of amides is 1. The minimum absolute atomic E-state index is 0.0640. The molecule has 2 aliphatic rings. The highest BCUT2D eigenvalue weighted by atomic mass is 16.5. The molecule has 1 saturated carbocycles. The maximum Gasteiger partial charge on any atom is 0.226 e. The van der Waals surface area contributed by atoms with Crippen molar-refractivity contribution in [1.82, 2.24) is 4.90 Å². The van der Waals surface area contributed by atoms with Crippen LogP contribution in [0.1, 0.15) is 44.6 Å². The van der Waals surface area contributed by atoms with E-state index in [1.807, 2.05) is 29.2 Å². The van der Waals surface area contributed by atoms with Gasteiger partial charge in [-0.15, -0.1) is 0 Å². The van der Waals surface area contributed by atoms with Crippen LogP contribution < -0.4 is 4.74 Å². The molecule has 1 heterocycles. The number of ether oxygens (including phenoxy) is 1. The Kier molecular flexibility index (Phi) is 4.37. The van der Waals surface area contributed by atoms with Crippen LogP contribution in [0.4, 0.5) is 0 Å². The van der Waals surface area contributed by atoms with Crippen molar-refractivity contribution in [2.75, 3.05) is 20.2 Å². The summed E-state index contributed by atoms with van der Waals surface area (Å²) in [6.45, 7) is 3.61. The van der Waals surface area contributed by atoms with Crippen molar-refractivity contribution >= 4 is 5.91 Å². The molecule has 0 aromatic heterocycles. The van der Waals surface area contributed by atoms with E-state index in [1.165, 1.54) is 0 Å². The van der Waals surface area contributed by atoms with Crippen LogP contribution in [-0.4, -0.2) is 41.7 Å². The van der Waals surface area contributed by atoms with Crippen LogP contribution >= 0.6 is 0 Å². The first-order valence-electron chi connectivity index (χ1n) is 8.65. The molecule has 0 radical (unpaired) electrons. The Morgan fingerprint density at radius 1 is 1.26 bits per heavy atom. The van der Waals surface area contributed by atoms with Crippen molar-refractivity contribution in [3.05, 3.63) is 29.8 Å². The topological polar surface area (TPSA) is 49.8 Å². The lowest BCUT2D eigenvalue weighted by molar-refractivity contribution is -0.192. The second kappa shape index (κ2) is 6.16. The molecule has 1 saturated heterocycles. The van der Waals surface area contributed by atoms with Gasteiger partial charge in [0.05, 0.1) is 19.1 Å². The molecule has 1 atom stereocenters. The number of carbonyl (C=O) groups excluding carboxylic acids is 1. The van der Waals surface area contributed by atoms with E-state index < -0.39 is 5.60 Å². The Labute approximate surface area is 138 Å². The summed E-state index contributed by atoms with van der Waals surface area (Å²) in [5.41, 5.74) is 0.562. The first-order valence-corrected chi connectivity index (χ1v) is 8.65. The lowest BCUT2D eigenvalue weighted by Crippen LogP contribution is -2.61. The van der Waals surface area contributed by atoms with Crippen LogP contribution in [0.5, 0.6) is 5.75 Å². The molecule has 0 bridgehead atoms. The normalized spacial score (nSPS) is 26.0. The summed E-state index contributed by atoms with van der Waals surface area (Å²) >= 11 is 0. The summed E-state index contributed by atoms with van der Waals surface area (Å²) in [6, 6.07) is 7.70. The van der Waals surface area contributed by atoms with E-state index in [4.69, 9.17) is 4.74 Å². The summed E-state index contributed by atoms with van der Waals surface area (Å²) in [4.78, 5) is 14.5. The smallest absolute Gasteiger partial charge is 0.226 e. The monoisotopic (exact) mass is 317 g/mol. The number of piperidine rings is 1. The van der Waals surface area contributed by atoms with Gasteiger partial charge in [-0.3, -0.25) is 4.79 Å². The fourth-order valence-electron chi connectivity index (χ4n) is 4.29. The lowest BCUT2D eigenvalue weighted by Gasteiger charge is -2.59. The first kappa shape index (κ1) is 16.3. The van der Waals surface area contributed by atoms with Crippen molar-refractivity contribution in [2.24, 2.45) is 5.41 Å². The predicted molar refractivity (Wildman–Crippen MR) is 89.4 cm³/mol. The molecule has 1 N–H and O–H groups in total. The molecular formula is C19H27NO3. The van der Waals surface area contributed by atoms with Gasteiger partial charge in [0.2, 0.25) is 5.91 Å². The van der Waals surface area contributed by atoms with Gasteiger partial charge in [0.15, 0.2) is 0 Å². The number of aliphatic hydroxyl groups is 1. The van der Waals surface area contributed by atoms with Crippen molar-refractivity contribution in [3.63, 3.8) is 0 Å².